The average molecular weight is 303 g/mol. The van der Waals surface area contributed by atoms with Gasteiger partial charge < -0.3 is 10.0 Å². The van der Waals surface area contributed by atoms with E-state index in [9.17, 15) is 14.3 Å². The van der Waals surface area contributed by atoms with E-state index in [1.165, 1.54) is 23.1 Å². The van der Waals surface area contributed by atoms with Crippen LogP contribution in [0.3, 0.4) is 0 Å². The summed E-state index contributed by atoms with van der Waals surface area (Å²) < 4.78 is 13.6. The van der Waals surface area contributed by atoms with Crippen molar-refractivity contribution in [2.45, 2.75) is 19.9 Å². The molecule has 5 nitrogen and oxygen atoms in total. The highest BCUT2D eigenvalue weighted by Gasteiger charge is 2.23. The second kappa shape index (κ2) is 7.09. The van der Waals surface area contributed by atoms with Crippen LogP contribution in [0.5, 0.6) is 0 Å². The van der Waals surface area contributed by atoms with Crippen LogP contribution in [0.2, 0.25) is 0 Å². The summed E-state index contributed by atoms with van der Waals surface area (Å²) in [6, 6.07) is 5.26. The molecule has 1 amide bonds. The lowest BCUT2D eigenvalue weighted by Crippen LogP contribution is -2.40. The summed E-state index contributed by atoms with van der Waals surface area (Å²) in [5.41, 5.74) is 0.656. The van der Waals surface area contributed by atoms with Crippen molar-refractivity contribution in [3.63, 3.8) is 0 Å². The first-order valence-electron chi connectivity index (χ1n) is 7.07. The molecule has 1 N–H and O–H groups in total. The molecule has 116 valence electrons. The summed E-state index contributed by atoms with van der Waals surface area (Å²) in [4.78, 5) is 22.4. The maximum Gasteiger partial charge on any atom is 0.255 e. The fourth-order valence-electron chi connectivity index (χ4n) is 2.24. The zero-order valence-corrected chi connectivity index (χ0v) is 12.5. The van der Waals surface area contributed by atoms with Crippen LogP contribution >= 0.6 is 0 Å². The predicted octanol–water partition coefficient (Wildman–Crippen LogP) is 2.13. The molecular formula is C16H18FN3O2. The van der Waals surface area contributed by atoms with E-state index < -0.39 is 5.82 Å². The van der Waals surface area contributed by atoms with Crippen molar-refractivity contribution in [1.82, 2.24) is 14.9 Å². The van der Waals surface area contributed by atoms with Gasteiger partial charge in [-0.15, -0.1) is 0 Å². The molecule has 0 saturated carbocycles. The van der Waals surface area contributed by atoms with Gasteiger partial charge in [0.25, 0.3) is 5.91 Å². The predicted molar refractivity (Wildman–Crippen MR) is 80.7 cm³/mol. The number of hydrogen-bond acceptors (Lipinski definition) is 4. The number of aliphatic hydroxyl groups excluding tert-OH is 1. The number of hydrogen-bond donors (Lipinski definition) is 1. The van der Waals surface area contributed by atoms with Gasteiger partial charge in [0.15, 0.2) is 5.82 Å². The van der Waals surface area contributed by atoms with E-state index >= 15 is 0 Å². The van der Waals surface area contributed by atoms with Crippen LogP contribution in [0.15, 0.2) is 36.7 Å². The number of halogens is 1. The van der Waals surface area contributed by atoms with Crippen molar-refractivity contribution in [2.75, 3.05) is 13.2 Å². The smallest absolute Gasteiger partial charge is 0.255 e. The molecule has 0 saturated heterocycles. The molecule has 2 rings (SSSR count). The molecule has 1 atom stereocenters. The Bertz CT molecular complexity index is 649. The maximum atomic E-state index is 13.6. The summed E-state index contributed by atoms with van der Waals surface area (Å²) in [5, 5.41) is 9.28. The van der Waals surface area contributed by atoms with Crippen LogP contribution in [-0.2, 0) is 0 Å². The van der Waals surface area contributed by atoms with Crippen LogP contribution in [0.1, 0.15) is 24.2 Å². The largest absolute Gasteiger partial charge is 0.394 e. The zero-order chi connectivity index (χ0) is 16.1. The van der Waals surface area contributed by atoms with Gasteiger partial charge in [0.1, 0.15) is 5.82 Å². The fourth-order valence-corrected chi connectivity index (χ4v) is 2.24. The van der Waals surface area contributed by atoms with Gasteiger partial charge in [-0.25, -0.2) is 14.4 Å². The van der Waals surface area contributed by atoms with Crippen LogP contribution < -0.4 is 0 Å². The van der Waals surface area contributed by atoms with Crippen molar-refractivity contribution in [2.24, 2.45) is 0 Å². The van der Waals surface area contributed by atoms with Crippen molar-refractivity contribution < 1.29 is 14.3 Å². The van der Waals surface area contributed by atoms with Crippen LogP contribution in [0.4, 0.5) is 4.39 Å². The van der Waals surface area contributed by atoms with E-state index in [-0.39, 0.29) is 24.1 Å². The Labute approximate surface area is 128 Å². The molecule has 1 unspecified atom stereocenters. The molecule has 0 bridgehead atoms. The third-order valence-corrected chi connectivity index (χ3v) is 3.42. The van der Waals surface area contributed by atoms with Gasteiger partial charge in [-0.3, -0.25) is 4.79 Å². The average Bonchev–Trinajstić information content (AvgIpc) is 2.55. The van der Waals surface area contributed by atoms with Gasteiger partial charge in [0.05, 0.1) is 18.2 Å². The third-order valence-electron chi connectivity index (χ3n) is 3.42. The second-order valence-corrected chi connectivity index (χ2v) is 4.89. The Hall–Kier alpha value is -2.34. The summed E-state index contributed by atoms with van der Waals surface area (Å²) >= 11 is 0. The number of nitrogens with zero attached hydrogens (tertiary/aromatic N) is 3. The fraction of sp³-hybridized carbons (Fsp3) is 0.312. The van der Waals surface area contributed by atoms with E-state index in [1.54, 1.807) is 25.4 Å². The molecule has 0 fully saturated rings. The maximum absolute atomic E-state index is 13.6. The Kier molecular flexibility index (Phi) is 5.16. The first-order chi connectivity index (χ1) is 10.6. The summed E-state index contributed by atoms with van der Waals surface area (Å²) in [7, 11) is 0. The minimum Gasteiger partial charge on any atom is -0.394 e. The monoisotopic (exact) mass is 303 g/mol. The minimum atomic E-state index is -0.504. The third kappa shape index (κ3) is 3.28. The van der Waals surface area contributed by atoms with E-state index in [0.717, 1.165) is 0 Å². The van der Waals surface area contributed by atoms with Gasteiger partial charge in [-0.05, 0) is 38.1 Å². The van der Waals surface area contributed by atoms with Gasteiger partial charge in [-0.1, -0.05) is 0 Å². The number of amides is 1. The number of carbonyl (C=O) groups is 1. The van der Waals surface area contributed by atoms with Gasteiger partial charge in [-0.2, -0.15) is 0 Å². The molecule has 6 heteroatoms. The molecule has 22 heavy (non-hydrogen) atoms. The number of likely N-dealkylation sites (N-methyl/N-ethyl adjacent to an activating group) is 1. The molecule has 0 aliphatic heterocycles. The molecule has 0 radical (unpaired) electrons. The molecule has 1 aromatic heterocycles. The van der Waals surface area contributed by atoms with Crippen LogP contribution in [-0.4, -0.2) is 45.1 Å². The Morgan fingerprint density at radius 1 is 1.36 bits per heavy atom. The van der Waals surface area contributed by atoms with Gasteiger partial charge >= 0.3 is 0 Å². The van der Waals surface area contributed by atoms with Crippen molar-refractivity contribution in [3.05, 3.63) is 48.0 Å². The van der Waals surface area contributed by atoms with Crippen molar-refractivity contribution in [3.8, 4) is 11.4 Å². The molecule has 0 spiro atoms. The quantitative estimate of drug-likeness (QED) is 0.919. The van der Waals surface area contributed by atoms with E-state index in [0.29, 0.717) is 17.9 Å². The highest BCUT2D eigenvalue weighted by molar-refractivity contribution is 6.00. The Balaban J connectivity index is 2.50. The lowest BCUT2D eigenvalue weighted by molar-refractivity contribution is 0.0633. The zero-order valence-electron chi connectivity index (χ0n) is 12.5. The molecule has 2 aromatic rings. The molecule has 0 aliphatic carbocycles. The number of benzene rings is 1. The normalized spacial score (nSPS) is 12.0. The highest BCUT2D eigenvalue weighted by atomic mass is 19.1. The molecule has 1 aromatic carbocycles. The highest BCUT2D eigenvalue weighted by Crippen LogP contribution is 2.23. The minimum absolute atomic E-state index is 0.161. The first-order valence-corrected chi connectivity index (χ1v) is 7.07. The number of carbonyl (C=O) groups excluding carboxylic acids is 1. The molecule has 1 heterocycles. The number of aromatic nitrogens is 2. The van der Waals surface area contributed by atoms with E-state index in [1.807, 2.05) is 6.92 Å². The summed E-state index contributed by atoms with van der Waals surface area (Å²) in [5.74, 6) is -0.500. The SMILES string of the molecule is CCN(C(=O)c1cc(F)ccc1-c1ncccn1)C(C)CO. The Morgan fingerprint density at radius 3 is 2.64 bits per heavy atom. The number of aliphatic hydroxyl groups is 1. The first kappa shape index (κ1) is 16.0. The molecule has 0 aliphatic rings. The Morgan fingerprint density at radius 2 is 2.05 bits per heavy atom. The van der Waals surface area contributed by atoms with Crippen LogP contribution in [0.25, 0.3) is 11.4 Å². The van der Waals surface area contributed by atoms with Crippen molar-refractivity contribution in [1.29, 1.82) is 0 Å². The van der Waals surface area contributed by atoms with Crippen LogP contribution in [0, 0.1) is 5.82 Å². The van der Waals surface area contributed by atoms with E-state index in [2.05, 4.69) is 9.97 Å². The van der Waals surface area contributed by atoms with Crippen molar-refractivity contribution >= 4 is 5.91 Å². The van der Waals surface area contributed by atoms with Gasteiger partial charge in [0, 0.05) is 24.5 Å². The number of rotatable bonds is 5. The summed E-state index contributed by atoms with van der Waals surface area (Å²) in [6.07, 6.45) is 3.13. The lowest BCUT2D eigenvalue weighted by Gasteiger charge is -2.27. The van der Waals surface area contributed by atoms with Gasteiger partial charge in [0.2, 0.25) is 0 Å². The standard InChI is InChI=1S/C16H18FN3O2/c1-3-20(11(2)10-21)16(22)14-9-12(17)5-6-13(14)15-18-7-4-8-19-15/h4-9,11,21H,3,10H2,1-2H3. The topological polar surface area (TPSA) is 66.3 Å². The second-order valence-electron chi connectivity index (χ2n) is 4.89. The lowest BCUT2D eigenvalue weighted by atomic mass is 10.0. The van der Waals surface area contributed by atoms with E-state index in [4.69, 9.17) is 0 Å². The summed E-state index contributed by atoms with van der Waals surface area (Å²) in [6.45, 7) is 3.79. The molecular weight excluding hydrogens is 285 g/mol.